The van der Waals surface area contributed by atoms with Gasteiger partial charge in [-0.1, -0.05) is 224 Å². The maximum atomic E-state index is 13.1. The predicted octanol–water partition coefficient (Wildman–Crippen LogP) is 12.3. The summed E-state index contributed by atoms with van der Waals surface area (Å²) in [5.74, 6) is -0.727. The van der Waals surface area contributed by atoms with Crippen molar-refractivity contribution >= 4 is 5.91 Å². The van der Waals surface area contributed by atoms with E-state index in [-0.39, 0.29) is 12.8 Å². The average molecular weight is 995 g/mol. The zero-order chi connectivity index (χ0) is 51.1. The van der Waals surface area contributed by atoms with Crippen LogP contribution in [0.3, 0.4) is 0 Å². The second kappa shape index (κ2) is 48.3. The van der Waals surface area contributed by atoms with Gasteiger partial charge < -0.3 is 50.5 Å². The first-order chi connectivity index (χ1) is 34.2. The Bertz CT molecular complexity index is 1230. The fourth-order valence-electron chi connectivity index (χ4n) is 9.34. The van der Waals surface area contributed by atoms with Gasteiger partial charge in [-0.15, -0.1) is 0 Å². The normalized spacial score (nSPS) is 20.5. The number of amides is 1. The smallest absolute Gasteiger partial charge is 0.249 e. The summed E-state index contributed by atoms with van der Waals surface area (Å²) in [7, 11) is 0. The Balaban J connectivity index is 2.26. The van der Waals surface area contributed by atoms with Crippen molar-refractivity contribution in [2.24, 2.45) is 0 Å². The van der Waals surface area contributed by atoms with Gasteiger partial charge in [-0.25, -0.2) is 0 Å². The summed E-state index contributed by atoms with van der Waals surface area (Å²) >= 11 is 0. The third-order valence-electron chi connectivity index (χ3n) is 14.1. The molecule has 0 aromatic rings. The summed E-state index contributed by atoms with van der Waals surface area (Å²) in [6.07, 6.45) is 48.1. The molecule has 0 radical (unpaired) electrons. The lowest BCUT2D eigenvalue weighted by Gasteiger charge is -2.40. The molecule has 0 saturated carbocycles. The van der Waals surface area contributed by atoms with Crippen LogP contribution in [0, 0.1) is 0 Å². The van der Waals surface area contributed by atoms with Crippen molar-refractivity contribution in [3.05, 3.63) is 36.5 Å². The molecule has 412 valence electrons. The zero-order valence-electron chi connectivity index (χ0n) is 45.0. The minimum absolute atomic E-state index is 0.220. The van der Waals surface area contributed by atoms with Crippen LogP contribution in [0.5, 0.6) is 0 Å². The van der Waals surface area contributed by atoms with E-state index in [2.05, 4.69) is 55.6 Å². The van der Waals surface area contributed by atoms with Crippen LogP contribution >= 0.6 is 0 Å². The van der Waals surface area contributed by atoms with Crippen LogP contribution < -0.4 is 5.32 Å². The molecular weight excluding hydrogens is 883 g/mol. The Morgan fingerprint density at radius 3 is 1.27 bits per heavy atom. The molecule has 1 aliphatic heterocycles. The Morgan fingerprint density at radius 1 is 0.486 bits per heavy atom. The molecule has 0 aromatic heterocycles. The number of hydrogen-bond acceptors (Lipinski definition) is 10. The number of rotatable bonds is 50. The average Bonchev–Trinajstić information content (AvgIpc) is 3.36. The SMILES string of the molecule is CCCCCCCC/C=C\CCCCC(O)C(=O)NC(COC1OC(CO)C(O)C(O)C1O)C(O)C(O)CCC/C=C/CC/C=C/CCCCCCCCCCCCCCCCCCCCCCCC. The highest BCUT2D eigenvalue weighted by molar-refractivity contribution is 5.80. The van der Waals surface area contributed by atoms with Crippen LogP contribution in [-0.2, 0) is 14.3 Å². The summed E-state index contributed by atoms with van der Waals surface area (Å²) in [4.78, 5) is 13.1. The highest BCUT2D eigenvalue weighted by atomic mass is 16.7. The molecule has 9 atom stereocenters. The number of allylic oxidation sites excluding steroid dienone is 6. The molecule has 1 amide bonds. The Morgan fingerprint density at radius 2 is 0.857 bits per heavy atom. The molecule has 0 spiro atoms. The van der Waals surface area contributed by atoms with Crippen molar-refractivity contribution in [1.29, 1.82) is 0 Å². The van der Waals surface area contributed by atoms with E-state index in [4.69, 9.17) is 9.47 Å². The molecule has 1 fully saturated rings. The topological polar surface area (TPSA) is 189 Å². The standard InChI is InChI=1S/C59H111NO10/c1-3-5-7-9-11-13-15-17-18-19-20-21-22-23-24-25-26-27-28-29-30-31-32-33-34-35-37-38-40-42-44-46-51(62)54(64)50(49-69-59-57(67)56(66)55(65)53(48-61)70-59)60-58(68)52(63)47-45-43-41-39-36-16-14-12-10-8-6-4-2/h33-34,36,38-40,50-57,59,61-67H,3-32,35,37,41-49H2,1-2H3,(H,60,68)/b34-33+,39-36-,40-38+. The van der Waals surface area contributed by atoms with Gasteiger partial charge in [0, 0.05) is 0 Å². The van der Waals surface area contributed by atoms with Crippen molar-refractivity contribution < 1.29 is 50.0 Å². The van der Waals surface area contributed by atoms with E-state index in [1.54, 1.807) is 0 Å². The molecule has 0 aliphatic carbocycles. The molecule has 9 unspecified atom stereocenters. The first kappa shape index (κ1) is 66.3. The van der Waals surface area contributed by atoms with Crippen LogP contribution in [0.1, 0.15) is 264 Å². The second-order valence-electron chi connectivity index (χ2n) is 20.7. The van der Waals surface area contributed by atoms with Crippen LogP contribution in [0.2, 0.25) is 0 Å². The molecule has 1 heterocycles. The zero-order valence-corrected chi connectivity index (χ0v) is 45.0. The number of aliphatic hydroxyl groups is 7. The number of ether oxygens (including phenoxy) is 2. The molecule has 11 heteroatoms. The molecule has 8 N–H and O–H groups in total. The van der Waals surface area contributed by atoms with Gasteiger partial charge in [-0.05, 0) is 77.0 Å². The van der Waals surface area contributed by atoms with Crippen LogP contribution in [0.15, 0.2) is 36.5 Å². The van der Waals surface area contributed by atoms with Crippen molar-refractivity contribution in [2.75, 3.05) is 13.2 Å². The highest BCUT2D eigenvalue weighted by Crippen LogP contribution is 2.23. The lowest BCUT2D eigenvalue weighted by molar-refractivity contribution is -0.303. The lowest BCUT2D eigenvalue weighted by Crippen LogP contribution is -2.60. The lowest BCUT2D eigenvalue weighted by atomic mass is 9.98. The third-order valence-corrected chi connectivity index (χ3v) is 14.1. The van der Waals surface area contributed by atoms with Gasteiger partial charge in [0.1, 0.15) is 36.6 Å². The first-order valence-electron chi connectivity index (χ1n) is 29.4. The number of carbonyl (C=O) groups is 1. The van der Waals surface area contributed by atoms with Gasteiger partial charge in [0.15, 0.2) is 6.29 Å². The number of nitrogens with one attached hydrogen (secondary N) is 1. The van der Waals surface area contributed by atoms with E-state index in [0.29, 0.717) is 19.3 Å². The van der Waals surface area contributed by atoms with Gasteiger partial charge in [0.2, 0.25) is 5.91 Å². The quantitative estimate of drug-likeness (QED) is 0.0215. The Labute approximate surface area is 428 Å². The van der Waals surface area contributed by atoms with E-state index in [1.165, 1.54) is 180 Å². The highest BCUT2D eigenvalue weighted by Gasteiger charge is 2.44. The fourth-order valence-corrected chi connectivity index (χ4v) is 9.34. The van der Waals surface area contributed by atoms with E-state index >= 15 is 0 Å². The van der Waals surface area contributed by atoms with E-state index in [9.17, 15) is 40.5 Å². The number of unbranched alkanes of at least 4 members (excludes halogenated alkanes) is 32. The molecule has 0 aromatic carbocycles. The number of hydrogen-bond donors (Lipinski definition) is 8. The summed E-state index contributed by atoms with van der Waals surface area (Å²) in [5, 5.41) is 75.9. The van der Waals surface area contributed by atoms with Crippen molar-refractivity contribution in [2.45, 2.75) is 319 Å². The van der Waals surface area contributed by atoms with Crippen LogP contribution in [0.25, 0.3) is 0 Å². The van der Waals surface area contributed by atoms with Gasteiger partial charge in [-0.3, -0.25) is 4.79 Å². The molecule has 11 nitrogen and oxygen atoms in total. The maximum absolute atomic E-state index is 13.1. The molecule has 1 rings (SSSR count). The van der Waals surface area contributed by atoms with Gasteiger partial charge >= 0.3 is 0 Å². The minimum Gasteiger partial charge on any atom is -0.394 e. The molecule has 1 aliphatic rings. The number of carbonyl (C=O) groups excluding carboxylic acids is 1. The first-order valence-corrected chi connectivity index (χ1v) is 29.4. The summed E-state index contributed by atoms with van der Waals surface area (Å²) in [5.41, 5.74) is 0. The summed E-state index contributed by atoms with van der Waals surface area (Å²) in [6.45, 7) is 3.42. The summed E-state index contributed by atoms with van der Waals surface area (Å²) < 4.78 is 11.1. The van der Waals surface area contributed by atoms with Crippen molar-refractivity contribution in [1.82, 2.24) is 5.32 Å². The Kier molecular flexibility index (Phi) is 45.8. The van der Waals surface area contributed by atoms with Gasteiger partial charge in [-0.2, -0.15) is 0 Å². The van der Waals surface area contributed by atoms with Crippen molar-refractivity contribution in [3.63, 3.8) is 0 Å². The largest absolute Gasteiger partial charge is 0.394 e. The predicted molar refractivity (Wildman–Crippen MR) is 289 cm³/mol. The van der Waals surface area contributed by atoms with Gasteiger partial charge in [0.25, 0.3) is 0 Å². The maximum Gasteiger partial charge on any atom is 0.249 e. The molecular formula is C59H111NO10. The molecule has 0 bridgehead atoms. The molecule has 70 heavy (non-hydrogen) atoms. The molecule has 1 saturated heterocycles. The van der Waals surface area contributed by atoms with Crippen molar-refractivity contribution in [3.8, 4) is 0 Å². The monoisotopic (exact) mass is 994 g/mol. The van der Waals surface area contributed by atoms with Gasteiger partial charge in [0.05, 0.1) is 25.4 Å². The van der Waals surface area contributed by atoms with E-state index in [0.717, 1.165) is 38.5 Å². The summed E-state index contributed by atoms with van der Waals surface area (Å²) in [6, 6.07) is -1.20. The third kappa shape index (κ3) is 36.3. The second-order valence-corrected chi connectivity index (χ2v) is 20.7. The van der Waals surface area contributed by atoms with Crippen LogP contribution in [-0.4, -0.2) is 110 Å². The Hall–Kier alpha value is -1.67. The minimum atomic E-state index is -1.67. The van der Waals surface area contributed by atoms with Crippen LogP contribution in [0.4, 0.5) is 0 Å². The van der Waals surface area contributed by atoms with E-state index < -0.39 is 74.2 Å². The fraction of sp³-hybridized carbons (Fsp3) is 0.881. The van der Waals surface area contributed by atoms with E-state index in [1.807, 2.05) is 0 Å². The number of aliphatic hydroxyl groups excluding tert-OH is 7.